The molecule has 0 atom stereocenters. The molecule has 0 aliphatic carbocycles. The summed E-state index contributed by atoms with van der Waals surface area (Å²) in [5.41, 5.74) is 6.16. The van der Waals surface area contributed by atoms with Gasteiger partial charge in [0.25, 0.3) is 0 Å². The Hall–Kier alpha value is -2.34. The molecule has 1 amide bonds. The molecule has 23 heavy (non-hydrogen) atoms. The maximum Gasteiger partial charge on any atom is 0.227 e. The topological polar surface area (TPSA) is 73.6 Å². The summed E-state index contributed by atoms with van der Waals surface area (Å²) >= 11 is 1.42. The average Bonchev–Trinajstić information content (AvgIpc) is 2.58. The number of hydrogen-bond donors (Lipinski definition) is 2. The number of hydrogen-bond acceptors (Lipinski definition) is 5. The van der Waals surface area contributed by atoms with Gasteiger partial charge < -0.3 is 20.5 Å². The van der Waals surface area contributed by atoms with Crippen molar-refractivity contribution in [3.8, 4) is 11.5 Å². The highest BCUT2D eigenvalue weighted by Crippen LogP contribution is 2.26. The summed E-state index contributed by atoms with van der Waals surface area (Å²) in [6, 6.07) is 15.3. The van der Waals surface area contributed by atoms with E-state index in [0.29, 0.717) is 13.2 Å². The maximum atomic E-state index is 10.9. The summed E-state index contributed by atoms with van der Waals surface area (Å²) in [6.07, 6.45) is 0. The third-order valence-electron chi connectivity index (χ3n) is 3.00. The Morgan fingerprint density at radius 1 is 1.13 bits per heavy atom. The Bertz CT molecular complexity index is 632. The van der Waals surface area contributed by atoms with Crippen molar-refractivity contribution in [2.24, 2.45) is 5.73 Å². The van der Waals surface area contributed by atoms with Gasteiger partial charge in [0.2, 0.25) is 5.91 Å². The number of para-hydroxylation sites is 1. The molecule has 122 valence electrons. The predicted molar refractivity (Wildman–Crippen MR) is 93.3 cm³/mol. The van der Waals surface area contributed by atoms with Crippen molar-refractivity contribution in [1.82, 2.24) is 0 Å². The molecule has 2 aromatic rings. The van der Waals surface area contributed by atoms with E-state index in [2.05, 4.69) is 5.32 Å². The number of nitrogens with one attached hydrogen (secondary N) is 1. The van der Waals surface area contributed by atoms with Gasteiger partial charge in [-0.2, -0.15) is 0 Å². The van der Waals surface area contributed by atoms with Crippen LogP contribution >= 0.6 is 11.8 Å². The van der Waals surface area contributed by atoms with Crippen molar-refractivity contribution in [3.05, 3.63) is 48.5 Å². The van der Waals surface area contributed by atoms with Gasteiger partial charge in [-0.05, 0) is 36.4 Å². The molecule has 6 heteroatoms. The molecular weight excluding hydrogens is 312 g/mol. The first-order valence-corrected chi connectivity index (χ1v) is 8.18. The highest BCUT2D eigenvalue weighted by molar-refractivity contribution is 8.00. The van der Waals surface area contributed by atoms with Crippen LogP contribution in [0, 0.1) is 0 Å². The van der Waals surface area contributed by atoms with Gasteiger partial charge in [-0.25, -0.2) is 0 Å². The Morgan fingerprint density at radius 2 is 1.83 bits per heavy atom. The lowest BCUT2D eigenvalue weighted by molar-refractivity contribution is -0.115. The first kappa shape index (κ1) is 17.0. The summed E-state index contributed by atoms with van der Waals surface area (Å²) in [4.78, 5) is 11.9. The molecule has 0 aliphatic rings. The molecule has 5 nitrogen and oxygen atoms in total. The Kier molecular flexibility index (Phi) is 6.62. The van der Waals surface area contributed by atoms with E-state index < -0.39 is 0 Å². The van der Waals surface area contributed by atoms with Crippen molar-refractivity contribution >= 4 is 23.4 Å². The Labute approximate surface area is 140 Å². The van der Waals surface area contributed by atoms with Crippen LogP contribution in [0.1, 0.15) is 0 Å². The molecular formula is C17H20N2O3S. The van der Waals surface area contributed by atoms with Crippen LogP contribution in [-0.2, 0) is 4.79 Å². The third kappa shape index (κ3) is 5.75. The van der Waals surface area contributed by atoms with Crippen LogP contribution in [-0.4, -0.2) is 31.9 Å². The minimum absolute atomic E-state index is 0.265. The molecule has 0 heterocycles. The zero-order chi connectivity index (χ0) is 16.5. The van der Waals surface area contributed by atoms with E-state index in [4.69, 9.17) is 15.2 Å². The highest BCUT2D eigenvalue weighted by Gasteiger charge is 2.04. The summed E-state index contributed by atoms with van der Waals surface area (Å²) in [6.45, 7) is 1.18. The molecule has 0 aliphatic heterocycles. The molecule has 0 aromatic heterocycles. The van der Waals surface area contributed by atoms with Crippen LogP contribution in [0.5, 0.6) is 11.5 Å². The summed E-state index contributed by atoms with van der Waals surface area (Å²) in [5, 5.41) is 3.31. The van der Waals surface area contributed by atoms with Gasteiger partial charge in [-0.15, -0.1) is 11.8 Å². The van der Waals surface area contributed by atoms with E-state index >= 15 is 0 Å². The molecule has 0 saturated carbocycles. The van der Waals surface area contributed by atoms with Gasteiger partial charge in [-0.1, -0.05) is 12.1 Å². The number of carbonyl (C=O) groups is 1. The molecule has 3 N–H and O–H groups in total. The van der Waals surface area contributed by atoms with Crippen molar-refractivity contribution in [2.75, 3.05) is 31.3 Å². The average molecular weight is 332 g/mol. The molecule has 2 rings (SSSR count). The van der Waals surface area contributed by atoms with Crippen LogP contribution in [0.3, 0.4) is 0 Å². The molecule has 0 radical (unpaired) electrons. The number of carbonyl (C=O) groups excluding carboxylic acids is 1. The fraction of sp³-hybridized carbons (Fsp3) is 0.235. The van der Waals surface area contributed by atoms with Gasteiger partial charge in [0.1, 0.15) is 18.1 Å². The van der Waals surface area contributed by atoms with E-state index in [1.807, 2.05) is 48.5 Å². The molecule has 0 bridgehead atoms. The van der Waals surface area contributed by atoms with E-state index in [1.54, 1.807) is 7.11 Å². The zero-order valence-corrected chi connectivity index (χ0v) is 13.8. The Balaban J connectivity index is 1.80. The minimum atomic E-state index is -0.326. The second kappa shape index (κ2) is 8.95. The predicted octanol–water partition coefficient (Wildman–Crippen LogP) is 2.76. The number of thioether (sulfide) groups is 1. The smallest absolute Gasteiger partial charge is 0.227 e. The number of benzene rings is 2. The number of amides is 1. The second-order valence-corrected chi connectivity index (χ2v) is 5.72. The van der Waals surface area contributed by atoms with Crippen LogP contribution in [0.4, 0.5) is 5.69 Å². The van der Waals surface area contributed by atoms with Gasteiger partial charge in [0, 0.05) is 17.1 Å². The molecule has 0 spiro atoms. The van der Waals surface area contributed by atoms with Gasteiger partial charge in [0.15, 0.2) is 0 Å². The maximum absolute atomic E-state index is 10.9. The molecule has 0 saturated heterocycles. The van der Waals surface area contributed by atoms with Crippen LogP contribution < -0.4 is 20.5 Å². The number of methoxy groups -OCH3 is 1. The van der Waals surface area contributed by atoms with Crippen molar-refractivity contribution in [3.63, 3.8) is 0 Å². The molecule has 2 aromatic carbocycles. The minimum Gasteiger partial charge on any atom is -0.497 e. The first-order chi connectivity index (χ1) is 11.2. The van der Waals surface area contributed by atoms with Crippen molar-refractivity contribution in [2.45, 2.75) is 4.90 Å². The zero-order valence-electron chi connectivity index (χ0n) is 13.0. The van der Waals surface area contributed by atoms with Crippen LogP contribution in [0.2, 0.25) is 0 Å². The summed E-state index contributed by atoms with van der Waals surface area (Å²) in [7, 11) is 1.63. The van der Waals surface area contributed by atoms with Crippen molar-refractivity contribution in [1.29, 1.82) is 0 Å². The standard InChI is InChI=1S/C17H20N2O3S/c1-21-13-6-8-14(9-7-13)22-11-10-19-15-4-2-3-5-16(15)23-12-17(18)20/h2-9,19H,10-12H2,1H3,(H2,18,20). The number of anilines is 1. The van der Waals surface area contributed by atoms with E-state index in [1.165, 1.54) is 11.8 Å². The quantitative estimate of drug-likeness (QED) is 0.546. The molecule has 0 unspecified atom stereocenters. The monoisotopic (exact) mass is 332 g/mol. The second-order valence-electron chi connectivity index (χ2n) is 4.70. The lowest BCUT2D eigenvalue weighted by Crippen LogP contribution is -2.14. The number of primary amides is 1. The molecule has 0 fully saturated rings. The SMILES string of the molecule is COc1ccc(OCCNc2ccccc2SCC(N)=O)cc1. The van der Waals surface area contributed by atoms with Gasteiger partial charge in [-0.3, -0.25) is 4.79 Å². The van der Waals surface area contributed by atoms with E-state index in [0.717, 1.165) is 22.1 Å². The number of ether oxygens (including phenoxy) is 2. The summed E-state index contributed by atoms with van der Waals surface area (Å²) < 4.78 is 10.8. The van der Waals surface area contributed by atoms with E-state index in [9.17, 15) is 4.79 Å². The third-order valence-corrected chi connectivity index (χ3v) is 4.10. The largest absolute Gasteiger partial charge is 0.497 e. The van der Waals surface area contributed by atoms with Crippen molar-refractivity contribution < 1.29 is 14.3 Å². The fourth-order valence-corrected chi connectivity index (χ4v) is 2.68. The lowest BCUT2D eigenvalue weighted by atomic mass is 10.3. The number of nitrogens with two attached hydrogens (primary N) is 1. The van der Waals surface area contributed by atoms with Gasteiger partial charge >= 0.3 is 0 Å². The first-order valence-electron chi connectivity index (χ1n) is 7.20. The summed E-state index contributed by atoms with van der Waals surface area (Å²) in [5.74, 6) is 1.54. The fourth-order valence-electron chi connectivity index (χ4n) is 1.91. The highest BCUT2D eigenvalue weighted by atomic mass is 32.2. The lowest BCUT2D eigenvalue weighted by Gasteiger charge is -2.12. The Morgan fingerprint density at radius 3 is 2.52 bits per heavy atom. The van der Waals surface area contributed by atoms with Gasteiger partial charge in [0.05, 0.1) is 12.9 Å². The number of rotatable bonds is 9. The van der Waals surface area contributed by atoms with Crippen LogP contribution in [0.15, 0.2) is 53.4 Å². The van der Waals surface area contributed by atoms with E-state index in [-0.39, 0.29) is 11.7 Å². The normalized spacial score (nSPS) is 10.1. The van der Waals surface area contributed by atoms with Crippen LogP contribution in [0.25, 0.3) is 0 Å².